The smallest absolute Gasteiger partial charge is 0.0271 e. The zero-order valence-electron chi connectivity index (χ0n) is 11.8. The average molecular weight is 266 g/mol. The first-order chi connectivity index (χ1) is 9.92. The van der Waals surface area contributed by atoms with Gasteiger partial charge in [0.1, 0.15) is 0 Å². The summed E-state index contributed by atoms with van der Waals surface area (Å²) in [6.45, 7) is 0.961. The van der Waals surface area contributed by atoms with Gasteiger partial charge in [0.15, 0.2) is 0 Å². The van der Waals surface area contributed by atoms with Crippen molar-refractivity contribution in [1.29, 1.82) is 0 Å². The van der Waals surface area contributed by atoms with Gasteiger partial charge in [-0.1, -0.05) is 30.3 Å². The number of hydrogen-bond acceptors (Lipinski definition) is 2. The minimum absolute atomic E-state index is 0.670. The van der Waals surface area contributed by atoms with Gasteiger partial charge in [-0.3, -0.25) is 4.98 Å². The highest BCUT2D eigenvalue weighted by Gasteiger charge is 2.21. The number of hydrogen-bond donors (Lipinski definition) is 1. The van der Waals surface area contributed by atoms with Gasteiger partial charge in [-0.15, -0.1) is 0 Å². The van der Waals surface area contributed by atoms with Gasteiger partial charge >= 0.3 is 0 Å². The monoisotopic (exact) mass is 266 g/mol. The summed E-state index contributed by atoms with van der Waals surface area (Å²) < 4.78 is 0. The zero-order chi connectivity index (χ0) is 13.6. The van der Waals surface area contributed by atoms with Crippen molar-refractivity contribution in [3.05, 3.63) is 66.0 Å². The number of nitrogens with one attached hydrogen (secondary N) is 1. The SMILES string of the molecule is c1ccc(C2CCC(NCc3ccncc3)CC2)cc1. The molecule has 0 aliphatic heterocycles. The highest BCUT2D eigenvalue weighted by molar-refractivity contribution is 5.20. The van der Waals surface area contributed by atoms with Crippen LogP contribution in [0.1, 0.15) is 42.7 Å². The van der Waals surface area contributed by atoms with Crippen LogP contribution in [0.2, 0.25) is 0 Å². The van der Waals surface area contributed by atoms with Crippen LogP contribution >= 0.6 is 0 Å². The van der Waals surface area contributed by atoms with E-state index in [9.17, 15) is 0 Å². The molecule has 1 N–H and O–H groups in total. The number of nitrogens with zero attached hydrogens (tertiary/aromatic N) is 1. The molecule has 2 heteroatoms. The molecule has 2 aromatic rings. The van der Waals surface area contributed by atoms with Crippen molar-refractivity contribution in [3.63, 3.8) is 0 Å². The average Bonchev–Trinajstić information content (AvgIpc) is 2.55. The summed E-state index contributed by atoms with van der Waals surface area (Å²) in [6.07, 6.45) is 8.90. The molecule has 0 spiro atoms. The van der Waals surface area contributed by atoms with Crippen LogP contribution in [0.5, 0.6) is 0 Å². The lowest BCUT2D eigenvalue weighted by molar-refractivity contribution is 0.341. The van der Waals surface area contributed by atoms with Crippen LogP contribution in [-0.2, 0) is 6.54 Å². The van der Waals surface area contributed by atoms with Crippen LogP contribution in [0.25, 0.3) is 0 Å². The molecule has 2 nitrogen and oxygen atoms in total. The Bertz CT molecular complexity index is 501. The minimum atomic E-state index is 0.670. The molecule has 0 saturated heterocycles. The van der Waals surface area contributed by atoms with Crippen molar-refractivity contribution < 1.29 is 0 Å². The van der Waals surface area contributed by atoms with E-state index >= 15 is 0 Å². The molecule has 1 aromatic heterocycles. The van der Waals surface area contributed by atoms with Gasteiger partial charge in [-0.2, -0.15) is 0 Å². The molecule has 1 fully saturated rings. The summed E-state index contributed by atoms with van der Waals surface area (Å²) >= 11 is 0. The first-order valence-electron chi connectivity index (χ1n) is 7.59. The molecule has 1 heterocycles. The molecule has 0 unspecified atom stereocenters. The first kappa shape index (κ1) is 13.3. The van der Waals surface area contributed by atoms with Crippen molar-refractivity contribution in [1.82, 2.24) is 10.3 Å². The second-order valence-corrected chi connectivity index (χ2v) is 5.70. The fraction of sp³-hybridized carbons (Fsp3) is 0.389. The van der Waals surface area contributed by atoms with Crippen LogP contribution < -0.4 is 5.32 Å². The lowest BCUT2D eigenvalue weighted by Gasteiger charge is -2.29. The number of pyridine rings is 1. The third-order valence-corrected chi connectivity index (χ3v) is 4.34. The molecule has 1 aliphatic rings. The Morgan fingerprint density at radius 2 is 1.60 bits per heavy atom. The molecule has 0 amide bonds. The largest absolute Gasteiger partial charge is 0.310 e. The van der Waals surface area contributed by atoms with Crippen molar-refractivity contribution in [2.75, 3.05) is 0 Å². The molecular weight excluding hydrogens is 244 g/mol. The molecule has 104 valence electrons. The summed E-state index contributed by atoms with van der Waals surface area (Å²) in [5, 5.41) is 3.68. The lowest BCUT2D eigenvalue weighted by atomic mass is 9.82. The molecule has 0 radical (unpaired) electrons. The highest BCUT2D eigenvalue weighted by Crippen LogP contribution is 2.32. The molecule has 3 rings (SSSR count). The fourth-order valence-electron chi connectivity index (χ4n) is 3.12. The maximum absolute atomic E-state index is 4.06. The molecular formula is C18H22N2. The molecule has 1 aromatic carbocycles. The van der Waals surface area contributed by atoms with Gasteiger partial charge in [0, 0.05) is 25.0 Å². The predicted octanol–water partition coefficient (Wildman–Crippen LogP) is 3.90. The summed E-state index contributed by atoms with van der Waals surface area (Å²) in [7, 11) is 0. The van der Waals surface area contributed by atoms with Crippen molar-refractivity contribution in [2.45, 2.75) is 44.2 Å². The van der Waals surface area contributed by atoms with Crippen molar-refractivity contribution >= 4 is 0 Å². The third kappa shape index (κ3) is 3.45. The molecule has 20 heavy (non-hydrogen) atoms. The Kier molecular flexibility index (Phi) is 4.44. The molecule has 1 saturated carbocycles. The third-order valence-electron chi connectivity index (χ3n) is 4.34. The van der Waals surface area contributed by atoms with Crippen LogP contribution in [0.4, 0.5) is 0 Å². The summed E-state index contributed by atoms with van der Waals surface area (Å²) in [5.41, 5.74) is 2.84. The molecule has 0 atom stereocenters. The normalized spacial score (nSPS) is 22.6. The second-order valence-electron chi connectivity index (χ2n) is 5.70. The van der Waals surface area contributed by atoms with E-state index in [0.29, 0.717) is 6.04 Å². The quantitative estimate of drug-likeness (QED) is 0.908. The molecule has 0 bridgehead atoms. The number of aromatic nitrogens is 1. The summed E-state index contributed by atoms with van der Waals surface area (Å²) in [5.74, 6) is 0.759. The van der Waals surface area contributed by atoms with Gasteiger partial charge < -0.3 is 5.32 Å². The van der Waals surface area contributed by atoms with E-state index in [-0.39, 0.29) is 0 Å². The van der Waals surface area contributed by atoms with E-state index in [1.807, 2.05) is 12.4 Å². The van der Waals surface area contributed by atoms with Crippen LogP contribution in [0.3, 0.4) is 0 Å². The zero-order valence-corrected chi connectivity index (χ0v) is 11.8. The predicted molar refractivity (Wildman–Crippen MR) is 82.5 cm³/mol. The van der Waals surface area contributed by atoms with Gasteiger partial charge in [0.05, 0.1) is 0 Å². The Balaban J connectivity index is 1.47. The van der Waals surface area contributed by atoms with Gasteiger partial charge in [0.25, 0.3) is 0 Å². The Morgan fingerprint density at radius 1 is 0.900 bits per heavy atom. The van der Waals surface area contributed by atoms with Crippen LogP contribution in [-0.4, -0.2) is 11.0 Å². The number of rotatable bonds is 4. The maximum Gasteiger partial charge on any atom is 0.0271 e. The van der Waals surface area contributed by atoms with Gasteiger partial charge in [-0.25, -0.2) is 0 Å². The first-order valence-corrected chi connectivity index (χ1v) is 7.59. The minimum Gasteiger partial charge on any atom is -0.310 e. The van der Waals surface area contributed by atoms with E-state index in [0.717, 1.165) is 12.5 Å². The van der Waals surface area contributed by atoms with E-state index in [4.69, 9.17) is 0 Å². The van der Waals surface area contributed by atoms with Gasteiger partial charge in [-0.05, 0) is 54.9 Å². The van der Waals surface area contributed by atoms with Crippen LogP contribution in [0, 0.1) is 0 Å². The van der Waals surface area contributed by atoms with Crippen molar-refractivity contribution in [3.8, 4) is 0 Å². The summed E-state index contributed by atoms with van der Waals surface area (Å²) in [6, 6.07) is 15.8. The van der Waals surface area contributed by atoms with E-state index in [1.54, 1.807) is 0 Å². The van der Waals surface area contributed by atoms with Crippen molar-refractivity contribution in [2.24, 2.45) is 0 Å². The van der Waals surface area contributed by atoms with Gasteiger partial charge in [0.2, 0.25) is 0 Å². The fourth-order valence-corrected chi connectivity index (χ4v) is 3.12. The van der Waals surface area contributed by atoms with Crippen LogP contribution in [0.15, 0.2) is 54.9 Å². The standard InChI is InChI=1S/C18H22N2/c1-2-4-16(5-3-1)17-6-8-18(9-7-17)20-14-15-10-12-19-13-11-15/h1-5,10-13,17-18,20H,6-9,14H2. The Hall–Kier alpha value is -1.67. The van der Waals surface area contributed by atoms with E-state index < -0.39 is 0 Å². The van der Waals surface area contributed by atoms with E-state index in [1.165, 1.54) is 36.8 Å². The summed E-state index contributed by atoms with van der Waals surface area (Å²) in [4.78, 5) is 4.06. The maximum atomic E-state index is 4.06. The highest BCUT2D eigenvalue weighted by atomic mass is 14.9. The lowest BCUT2D eigenvalue weighted by Crippen LogP contribution is -2.32. The molecule has 1 aliphatic carbocycles. The van der Waals surface area contributed by atoms with E-state index in [2.05, 4.69) is 52.8 Å². The second kappa shape index (κ2) is 6.67. The Labute approximate surface area is 121 Å². The number of benzene rings is 1. The topological polar surface area (TPSA) is 24.9 Å². The Morgan fingerprint density at radius 3 is 2.30 bits per heavy atom.